The highest BCUT2D eigenvalue weighted by atomic mass is 35.5. The minimum absolute atomic E-state index is 0.0545. The highest BCUT2D eigenvalue weighted by molar-refractivity contribution is 7.99. The van der Waals surface area contributed by atoms with Crippen LogP contribution in [0.25, 0.3) is 17.3 Å². The number of aromatic nitrogens is 3. The Labute approximate surface area is 183 Å². The fourth-order valence-electron chi connectivity index (χ4n) is 2.92. The van der Waals surface area contributed by atoms with Crippen LogP contribution >= 0.6 is 23.4 Å². The number of carbonyl (C=O) groups excluding carboxylic acids is 1. The number of hydrogen-bond donors (Lipinski definition) is 1. The molecule has 30 heavy (non-hydrogen) atoms. The summed E-state index contributed by atoms with van der Waals surface area (Å²) < 4.78 is 7.36. The third-order valence-corrected chi connectivity index (χ3v) is 5.55. The summed E-state index contributed by atoms with van der Waals surface area (Å²) in [5.74, 6) is 1.34. The maximum atomic E-state index is 12.3. The van der Waals surface area contributed by atoms with Crippen LogP contribution in [0.4, 0.5) is 0 Å². The van der Waals surface area contributed by atoms with Crippen molar-refractivity contribution in [1.82, 2.24) is 20.1 Å². The van der Waals surface area contributed by atoms with Crippen molar-refractivity contribution >= 4 is 29.3 Å². The zero-order chi connectivity index (χ0) is 20.8. The number of halogens is 1. The topological polar surface area (TPSA) is 73.0 Å². The lowest BCUT2D eigenvalue weighted by Crippen LogP contribution is -2.27. The zero-order valence-electron chi connectivity index (χ0n) is 16.0. The molecule has 0 unspecified atom stereocenters. The van der Waals surface area contributed by atoms with Gasteiger partial charge in [0.2, 0.25) is 11.7 Å². The van der Waals surface area contributed by atoms with Crippen LogP contribution in [-0.2, 0) is 11.2 Å². The average molecular weight is 439 g/mol. The second-order valence-electron chi connectivity index (χ2n) is 6.47. The van der Waals surface area contributed by atoms with Crippen LogP contribution in [0.2, 0.25) is 5.02 Å². The number of amides is 1. The molecule has 0 atom stereocenters. The molecule has 4 aromatic rings. The Balaban J connectivity index is 1.44. The van der Waals surface area contributed by atoms with Crippen LogP contribution in [0.15, 0.2) is 82.6 Å². The molecule has 4 rings (SSSR count). The van der Waals surface area contributed by atoms with Crippen molar-refractivity contribution in [2.45, 2.75) is 11.6 Å². The molecule has 2 aromatic carbocycles. The van der Waals surface area contributed by atoms with Gasteiger partial charge in [0.1, 0.15) is 0 Å². The number of hydrogen-bond acceptors (Lipinski definition) is 5. The van der Waals surface area contributed by atoms with Crippen molar-refractivity contribution in [3.05, 3.63) is 83.6 Å². The molecule has 0 saturated carbocycles. The fourth-order valence-corrected chi connectivity index (χ4v) is 3.83. The summed E-state index contributed by atoms with van der Waals surface area (Å²) in [6, 6.07) is 21.0. The number of nitrogens with zero attached hydrogens (tertiary/aromatic N) is 3. The van der Waals surface area contributed by atoms with Crippen molar-refractivity contribution in [1.29, 1.82) is 0 Å². The van der Waals surface area contributed by atoms with Gasteiger partial charge in [-0.1, -0.05) is 53.7 Å². The predicted molar refractivity (Wildman–Crippen MR) is 118 cm³/mol. The van der Waals surface area contributed by atoms with E-state index < -0.39 is 0 Å². The van der Waals surface area contributed by atoms with Gasteiger partial charge in [-0.3, -0.25) is 9.36 Å². The molecule has 0 saturated heterocycles. The van der Waals surface area contributed by atoms with Crippen LogP contribution in [0.1, 0.15) is 5.56 Å². The number of rotatable bonds is 8. The quantitative estimate of drug-likeness (QED) is 0.406. The van der Waals surface area contributed by atoms with Crippen LogP contribution in [0.5, 0.6) is 0 Å². The van der Waals surface area contributed by atoms with E-state index in [0.29, 0.717) is 28.3 Å². The SMILES string of the molecule is O=C(CSc1nnc(-c2ccco2)n1-c1ccc(Cl)cc1)NCCc1ccccc1. The maximum Gasteiger partial charge on any atom is 0.230 e. The molecule has 0 aliphatic heterocycles. The van der Waals surface area contributed by atoms with Crippen molar-refractivity contribution in [3.63, 3.8) is 0 Å². The number of carbonyl (C=O) groups is 1. The second kappa shape index (κ2) is 9.65. The Bertz CT molecular complexity index is 1100. The Hall–Kier alpha value is -3.03. The molecule has 0 bridgehead atoms. The van der Waals surface area contributed by atoms with Crippen LogP contribution in [0, 0.1) is 0 Å². The Morgan fingerprint density at radius 2 is 1.83 bits per heavy atom. The standard InChI is InChI=1S/C22H19ClN4O2S/c23-17-8-10-18(11-9-17)27-21(19-7-4-14-29-19)25-26-22(27)30-15-20(28)24-13-12-16-5-2-1-3-6-16/h1-11,14H,12-13,15H2,(H,24,28). The number of nitrogens with one attached hydrogen (secondary N) is 1. The van der Waals surface area contributed by atoms with Gasteiger partial charge in [-0.15, -0.1) is 10.2 Å². The smallest absolute Gasteiger partial charge is 0.230 e. The molecule has 0 aliphatic carbocycles. The molecule has 0 radical (unpaired) electrons. The van der Waals surface area contributed by atoms with E-state index in [-0.39, 0.29) is 11.7 Å². The largest absolute Gasteiger partial charge is 0.461 e. The van der Waals surface area contributed by atoms with E-state index in [1.54, 1.807) is 24.5 Å². The van der Waals surface area contributed by atoms with E-state index >= 15 is 0 Å². The van der Waals surface area contributed by atoms with Gasteiger partial charge in [0, 0.05) is 17.3 Å². The van der Waals surface area contributed by atoms with Gasteiger partial charge in [-0.25, -0.2) is 0 Å². The van der Waals surface area contributed by atoms with E-state index in [1.165, 1.54) is 17.3 Å². The molecule has 0 fully saturated rings. The number of thioether (sulfide) groups is 1. The van der Waals surface area contributed by atoms with Gasteiger partial charge in [0.05, 0.1) is 12.0 Å². The molecule has 8 heteroatoms. The molecule has 1 N–H and O–H groups in total. The van der Waals surface area contributed by atoms with E-state index in [4.69, 9.17) is 16.0 Å². The van der Waals surface area contributed by atoms with E-state index in [9.17, 15) is 4.79 Å². The molecule has 152 valence electrons. The van der Waals surface area contributed by atoms with Crippen molar-refractivity contribution in [2.75, 3.05) is 12.3 Å². The maximum absolute atomic E-state index is 12.3. The number of benzene rings is 2. The third kappa shape index (κ3) is 4.93. The van der Waals surface area contributed by atoms with Gasteiger partial charge in [-0.2, -0.15) is 0 Å². The van der Waals surface area contributed by atoms with Crippen molar-refractivity contribution < 1.29 is 9.21 Å². The zero-order valence-corrected chi connectivity index (χ0v) is 17.6. The molecule has 1 amide bonds. The van der Waals surface area contributed by atoms with E-state index in [1.807, 2.05) is 53.1 Å². The lowest BCUT2D eigenvalue weighted by atomic mass is 10.1. The molecule has 0 spiro atoms. The van der Waals surface area contributed by atoms with E-state index in [2.05, 4.69) is 15.5 Å². The first-order valence-corrected chi connectivity index (χ1v) is 10.8. The summed E-state index contributed by atoms with van der Waals surface area (Å²) >= 11 is 7.35. The minimum Gasteiger partial charge on any atom is -0.461 e. The van der Waals surface area contributed by atoms with Gasteiger partial charge >= 0.3 is 0 Å². The summed E-state index contributed by atoms with van der Waals surface area (Å²) in [5.41, 5.74) is 2.03. The van der Waals surface area contributed by atoms with Crippen LogP contribution < -0.4 is 5.32 Å². The fraction of sp³-hybridized carbons (Fsp3) is 0.136. The normalized spacial score (nSPS) is 10.8. The highest BCUT2D eigenvalue weighted by Gasteiger charge is 2.18. The second-order valence-corrected chi connectivity index (χ2v) is 7.85. The average Bonchev–Trinajstić information content (AvgIpc) is 3.43. The molecule has 2 heterocycles. The molecule has 6 nitrogen and oxygen atoms in total. The molecular formula is C22H19ClN4O2S. The molecular weight excluding hydrogens is 420 g/mol. The third-order valence-electron chi connectivity index (χ3n) is 4.37. The lowest BCUT2D eigenvalue weighted by Gasteiger charge is -2.09. The summed E-state index contributed by atoms with van der Waals surface area (Å²) in [4.78, 5) is 12.3. The monoisotopic (exact) mass is 438 g/mol. The predicted octanol–water partition coefficient (Wildman–Crippen LogP) is 4.63. The summed E-state index contributed by atoms with van der Waals surface area (Å²) in [6.07, 6.45) is 2.38. The van der Waals surface area contributed by atoms with E-state index in [0.717, 1.165) is 12.1 Å². The first-order valence-electron chi connectivity index (χ1n) is 9.39. The van der Waals surface area contributed by atoms with Crippen LogP contribution in [0.3, 0.4) is 0 Å². The Morgan fingerprint density at radius 3 is 2.57 bits per heavy atom. The highest BCUT2D eigenvalue weighted by Crippen LogP contribution is 2.28. The summed E-state index contributed by atoms with van der Waals surface area (Å²) in [7, 11) is 0. The number of furan rings is 1. The summed E-state index contributed by atoms with van der Waals surface area (Å²) in [6.45, 7) is 0.588. The molecule has 0 aliphatic rings. The Kier molecular flexibility index (Phi) is 6.51. The van der Waals surface area contributed by atoms with Crippen molar-refractivity contribution in [2.24, 2.45) is 0 Å². The Morgan fingerprint density at radius 1 is 1.03 bits per heavy atom. The lowest BCUT2D eigenvalue weighted by molar-refractivity contribution is -0.118. The first kappa shape index (κ1) is 20.3. The van der Waals surface area contributed by atoms with Crippen LogP contribution in [-0.4, -0.2) is 33.0 Å². The van der Waals surface area contributed by atoms with Gasteiger partial charge in [-0.05, 0) is 48.4 Å². The molecule has 2 aromatic heterocycles. The van der Waals surface area contributed by atoms with Gasteiger partial charge in [0.25, 0.3) is 0 Å². The first-order chi connectivity index (χ1) is 14.7. The van der Waals surface area contributed by atoms with Gasteiger partial charge in [0.15, 0.2) is 10.9 Å². The van der Waals surface area contributed by atoms with Gasteiger partial charge < -0.3 is 9.73 Å². The van der Waals surface area contributed by atoms with Crippen molar-refractivity contribution in [3.8, 4) is 17.3 Å². The summed E-state index contributed by atoms with van der Waals surface area (Å²) in [5, 5.41) is 12.7. The minimum atomic E-state index is -0.0545.